The third-order valence-electron chi connectivity index (χ3n) is 2.71. The molecule has 0 saturated carbocycles. The van der Waals surface area contributed by atoms with E-state index < -0.39 is 17.6 Å². The second-order valence-electron chi connectivity index (χ2n) is 3.96. The Balaban J connectivity index is 2.57. The van der Waals surface area contributed by atoms with Crippen LogP contribution in [0.25, 0.3) is 0 Å². The fraction of sp³-hybridized carbons (Fsp3) is 0.800. The van der Waals surface area contributed by atoms with Gasteiger partial charge in [0.15, 0.2) is 0 Å². The second-order valence-corrected chi connectivity index (χ2v) is 3.96. The molecule has 1 saturated heterocycles. The number of hydrogen-bond acceptors (Lipinski definition) is 3. The summed E-state index contributed by atoms with van der Waals surface area (Å²) in [6.45, 7) is 3.98. The lowest BCUT2D eigenvalue weighted by Gasteiger charge is -2.24. The number of hydrogen-bond donors (Lipinski definition) is 2. The van der Waals surface area contributed by atoms with Gasteiger partial charge in [-0.15, -0.1) is 0 Å². The predicted molar refractivity (Wildman–Crippen MR) is 53.4 cm³/mol. The van der Waals surface area contributed by atoms with Crippen molar-refractivity contribution in [1.82, 2.24) is 5.32 Å². The number of ether oxygens (including phenoxy) is 1. The second kappa shape index (κ2) is 4.61. The van der Waals surface area contributed by atoms with Crippen LogP contribution in [0.2, 0.25) is 0 Å². The van der Waals surface area contributed by atoms with Crippen LogP contribution in [0, 0.1) is 0 Å². The standard InChI is InChI=1S/C10H17NO4/c1-3-7(8(12)13)11-9(14)10(2)5-4-6-15-10/h7H,3-6H2,1-2H3,(H,11,14)(H,12,13)/t7-,10?/m1/s1. The van der Waals surface area contributed by atoms with E-state index in [0.29, 0.717) is 19.4 Å². The predicted octanol–water partition coefficient (Wildman–Crippen LogP) is 0.535. The molecule has 1 rings (SSSR count). The van der Waals surface area contributed by atoms with Crippen LogP contribution in [0.3, 0.4) is 0 Å². The number of carbonyl (C=O) groups excluding carboxylic acids is 1. The molecule has 5 heteroatoms. The molecule has 1 aliphatic heterocycles. The third kappa shape index (κ3) is 2.68. The molecular formula is C10H17NO4. The van der Waals surface area contributed by atoms with Gasteiger partial charge in [-0.25, -0.2) is 4.79 Å². The van der Waals surface area contributed by atoms with Crippen molar-refractivity contribution in [2.45, 2.75) is 44.8 Å². The van der Waals surface area contributed by atoms with Crippen LogP contribution in [0.4, 0.5) is 0 Å². The van der Waals surface area contributed by atoms with Crippen molar-refractivity contribution in [3.63, 3.8) is 0 Å². The highest BCUT2D eigenvalue weighted by molar-refractivity contribution is 5.89. The number of carboxylic acid groups (broad SMARTS) is 1. The van der Waals surface area contributed by atoms with Gasteiger partial charge in [-0.2, -0.15) is 0 Å². The summed E-state index contributed by atoms with van der Waals surface area (Å²) in [6.07, 6.45) is 1.86. The Labute approximate surface area is 88.8 Å². The van der Waals surface area contributed by atoms with Crippen LogP contribution in [-0.4, -0.2) is 35.2 Å². The first-order chi connectivity index (χ1) is 6.99. The van der Waals surface area contributed by atoms with Crippen molar-refractivity contribution in [3.8, 4) is 0 Å². The van der Waals surface area contributed by atoms with E-state index in [1.165, 1.54) is 0 Å². The molecule has 15 heavy (non-hydrogen) atoms. The summed E-state index contributed by atoms with van der Waals surface area (Å²) in [5.74, 6) is -1.33. The van der Waals surface area contributed by atoms with Crippen molar-refractivity contribution in [3.05, 3.63) is 0 Å². The normalized spacial score (nSPS) is 27.3. The molecule has 5 nitrogen and oxygen atoms in total. The summed E-state index contributed by atoms with van der Waals surface area (Å²) in [5.41, 5.74) is -0.844. The van der Waals surface area contributed by atoms with E-state index in [1.54, 1.807) is 13.8 Å². The van der Waals surface area contributed by atoms with Crippen LogP contribution in [0.1, 0.15) is 33.1 Å². The molecule has 0 aromatic rings. The van der Waals surface area contributed by atoms with Gasteiger partial charge in [0.1, 0.15) is 11.6 Å². The largest absolute Gasteiger partial charge is 0.480 e. The van der Waals surface area contributed by atoms with E-state index in [2.05, 4.69) is 5.32 Å². The van der Waals surface area contributed by atoms with Crippen molar-refractivity contribution < 1.29 is 19.4 Å². The Kier molecular flexibility index (Phi) is 3.68. The number of nitrogens with one attached hydrogen (secondary N) is 1. The molecule has 2 N–H and O–H groups in total. The average Bonchev–Trinajstić information content (AvgIpc) is 2.61. The van der Waals surface area contributed by atoms with Gasteiger partial charge >= 0.3 is 5.97 Å². The van der Waals surface area contributed by atoms with Crippen LogP contribution >= 0.6 is 0 Å². The quantitative estimate of drug-likeness (QED) is 0.717. The summed E-state index contributed by atoms with van der Waals surface area (Å²) in [5, 5.41) is 11.3. The number of aliphatic carboxylic acids is 1. The molecule has 0 bridgehead atoms. The van der Waals surface area contributed by atoms with Crippen molar-refractivity contribution in [1.29, 1.82) is 0 Å². The molecule has 86 valence electrons. The highest BCUT2D eigenvalue weighted by Crippen LogP contribution is 2.25. The number of rotatable bonds is 4. The molecule has 1 amide bonds. The third-order valence-corrected chi connectivity index (χ3v) is 2.71. The molecule has 1 unspecified atom stereocenters. The first-order valence-electron chi connectivity index (χ1n) is 5.17. The van der Waals surface area contributed by atoms with Gasteiger partial charge in [0, 0.05) is 6.61 Å². The van der Waals surface area contributed by atoms with Gasteiger partial charge < -0.3 is 15.2 Å². The molecule has 0 aromatic heterocycles. The summed E-state index contributed by atoms with van der Waals surface area (Å²) >= 11 is 0. The first kappa shape index (κ1) is 12.0. The van der Waals surface area contributed by atoms with Gasteiger partial charge in [-0.1, -0.05) is 6.92 Å². The van der Waals surface area contributed by atoms with E-state index in [9.17, 15) is 9.59 Å². The van der Waals surface area contributed by atoms with Gasteiger partial charge in [0.2, 0.25) is 0 Å². The van der Waals surface area contributed by atoms with Gasteiger partial charge in [0.05, 0.1) is 0 Å². The zero-order valence-electron chi connectivity index (χ0n) is 9.08. The lowest BCUT2D eigenvalue weighted by molar-refractivity contribution is -0.147. The molecule has 0 aliphatic carbocycles. The first-order valence-corrected chi connectivity index (χ1v) is 5.17. The average molecular weight is 215 g/mol. The van der Waals surface area contributed by atoms with E-state index in [1.807, 2.05) is 0 Å². The maximum atomic E-state index is 11.7. The molecule has 1 heterocycles. The van der Waals surface area contributed by atoms with Crippen LogP contribution in [0.15, 0.2) is 0 Å². The lowest BCUT2D eigenvalue weighted by atomic mass is 10.0. The molecule has 1 fully saturated rings. The van der Waals surface area contributed by atoms with E-state index in [-0.39, 0.29) is 5.91 Å². The van der Waals surface area contributed by atoms with Gasteiger partial charge in [-0.3, -0.25) is 4.79 Å². The minimum atomic E-state index is -1.01. The molecule has 0 spiro atoms. The van der Waals surface area contributed by atoms with E-state index in [4.69, 9.17) is 9.84 Å². The molecule has 0 aromatic carbocycles. The van der Waals surface area contributed by atoms with Crippen LogP contribution in [0.5, 0.6) is 0 Å². The minimum absolute atomic E-state index is 0.325. The Morgan fingerprint density at radius 1 is 1.60 bits per heavy atom. The minimum Gasteiger partial charge on any atom is -0.480 e. The zero-order chi connectivity index (χ0) is 11.5. The fourth-order valence-corrected chi connectivity index (χ4v) is 1.61. The Hall–Kier alpha value is -1.10. The zero-order valence-corrected chi connectivity index (χ0v) is 9.08. The molecule has 2 atom stereocenters. The Morgan fingerprint density at radius 3 is 2.67 bits per heavy atom. The van der Waals surface area contributed by atoms with Crippen molar-refractivity contribution >= 4 is 11.9 Å². The number of amides is 1. The number of carboxylic acids is 1. The Bertz CT molecular complexity index is 258. The van der Waals surface area contributed by atoms with Gasteiger partial charge in [0.25, 0.3) is 5.91 Å². The molecule has 1 aliphatic rings. The maximum Gasteiger partial charge on any atom is 0.326 e. The fourth-order valence-electron chi connectivity index (χ4n) is 1.61. The summed E-state index contributed by atoms with van der Waals surface area (Å²) < 4.78 is 5.32. The van der Waals surface area contributed by atoms with E-state index >= 15 is 0 Å². The lowest BCUT2D eigenvalue weighted by Crippen LogP contribution is -2.50. The smallest absolute Gasteiger partial charge is 0.326 e. The topological polar surface area (TPSA) is 75.6 Å². The maximum absolute atomic E-state index is 11.7. The van der Waals surface area contributed by atoms with Crippen molar-refractivity contribution in [2.24, 2.45) is 0 Å². The van der Waals surface area contributed by atoms with Crippen molar-refractivity contribution in [2.75, 3.05) is 6.61 Å². The highest BCUT2D eigenvalue weighted by Gasteiger charge is 2.39. The van der Waals surface area contributed by atoms with E-state index in [0.717, 1.165) is 6.42 Å². The summed E-state index contributed by atoms with van der Waals surface area (Å²) in [4.78, 5) is 22.5. The van der Waals surface area contributed by atoms with Crippen LogP contribution < -0.4 is 5.32 Å². The molecular weight excluding hydrogens is 198 g/mol. The SMILES string of the molecule is CC[C@@H](NC(=O)C1(C)CCCO1)C(=O)O. The monoisotopic (exact) mass is 215 g/mol. The number of carbonyl (C=O) groups is 2. The highest BCUT2D eigenvalue weighted by atomic mass is 16.5. The molecule has 0 radical (unpaired) electrons. The van der Waals surface area contributed by atoms with Crippen LogP contribution in [-0.2, 0) is 14.3 Å². The van der Waals surface area contributed by atoms with Gasteiger partial charge in [-0.05, 0) is 26.2 Å². The summed E-state index contributed by atoms with van der Waals surface area (Å²) in [6, 6.07) is -0.821. The Morgan fingerprint density at radius 2 is 2.27 bits per heavy atom. The summed E-state index contributed by atoms with van der Waals surface area (Å²) in [7, 11) is 0.